The fraction of sp³-hybridized carbons (Fsp3) is 0.909. The molecule has 1 unspecified atom stereocenters. The van der Waals surface area contributed by atoms with Crippen LogP contribution in [0.1, 0.15) is 73.1 Å². The smallest absolute Gasteiger partial charge is 0.309 e. The molecular formula is C22H42N2O4+2. The van der Waals surface area contributed by atoms with Crippen molar-refractivity contribution in [3.05, 3.63) is 0 Å². The van der Waals surface area contributed by atoms with Crippen LogP contribution in [0.2, 0.25) is 0 Å². The van der Waals surface area contributed by atoms with E-state index in [2.05, 4.69) is 10.6 Å². The molecule has 2 aliphatic rings. The van der Waals surface area contributed by atoms with Crippen molar-refractivity contribution in [1.29, 1.82) is 0 Å². The molecule has 0 aromatic rings. The van der Waals surface area contributed by atoms with Crippen molar-refractivity contribution >= 4 is 11.9 Å². The van der Waals surface area contributed by atoms with Crippen molar-refractivity contribution in [3.8, 4) is 0 Å². The molecule has 6 heteroatoms. The van der Waals surface area contributed by atoms with E-state index in [1.54, 1.807) is 0 Å². The molecule has 162 valence electrons. The van der Waals surface area contributed by atoms with E-state index in [1.807, 2.05) is 34.6 Å². The molecule has 2 rings (SSSR count). The number of piperidine rings is 2. The van der Waals surface area contributed by atoms with Crippen LogP contribution in [0, 0.1) is 17.8 Å². The van der Waals surface area contributed by atoms with Gasteiger partial charge in [-0.1, -0.05) is 6.92 Å². The monoisotopic (exact) mass is 398 g/mol. The number of quaternary nitrogens is 2. The first-order chi connectivity index (χ1) is 13.1. The molecule has 0 aliphatic carbocycles. The second kappa shape index (κ2) is 10.1. The molecule has 0 saturated carbocycles. The molecule has 0 aromatic carbocycles. The maximum atomic E-state index is 12.6. The molecule has 2 heterocycles. The van der Waals surface area contributed by atoms with E-state index in [1.165, 1.54) is 0 Å². The Labute approximate surface area is 170 Å². The van der Waals surface area contributed by atoms with Gasteiger partial charge in [-0.3, -0.25) is 9.59 Å². The van der Waals surface area contributed by atoms with Crippen molar-refractivity contribution in [3.63, 3.8) is 0 Å². The molecule has 1 atom stereocenters. The summed E-state index contributed by atoms with van der Waals surface area (Å²) in [5.41, 5.74) is -0.880. The van der Waals surface area contributed by atoms with Gasteiger partial charge in [0.25, 0.3) is 0 Å². The summed E-state index contributed by atoms with van der Waals surface area (Å²) in [5.74, 6) is 0.120. The maximum Gasteiger partial charge on any atom is 0.309 e. The Bertz CT molecular complexity index is 521. The van der Waals surface area contributed by atoms with Crippen LogP contribution >= 0.6 is 0 Å². The second-order valence-electron chi connectivity index (χ2n) is 9.82. The highest BCUT2D eigenvalue weighted by Gasteiger charge is 2.37. The van der Waals surface area contributed by atoms with Crippen molar-refractivity contribution in [1.82, 2.24) is 0 Å². The number of ether oxygens (including phenoxy) is 2. The number of carbonyl (C=O) groups excluding carboxylic acids is 2. The maximum absolute atomic E-state index is 12.6. The molecule has 0 amide bonds. The van der Waals surface area contributed by atoms with Crippen molar-refractivity contribution in [2.45, 2.75) is 84.3 Å². The van der Waals surface area contributed by atoms with E-state index in [0.717, 1.165) is 51.9 Å². The Morgan fingerprint density at radius 2 is 1.29 bits per heavy atom. The summed E-state index contributed by atoms with van der Waals surface area (Å²) >= 11 is 0. The van der Waals surface area contributed by atoms with Gasteiger partial charge in [0.2, 0.25) is 0 Å². The number of rotatable bonds is 8. The Kier molecular flexibility index (Phi) is 8.31. The average molecular weight is 399 g/mol. The third-order valence-corrected chi connectivity index (χ3v) is 6.77. The van der Waals surface area contributed by atoms with Crippen LogP contribution in [0.4, 0.5) is 0 Å². The normalized spacial score (nSPS) is 21.2. The van der Waals surface area contributed by atoms with Crippen LogP contribution in [-0.4, -0.2) is 49.3 Å². The minimum Gasteiger partial charge on any atom is -0.459 e. The number of hydrogen-bond donors (Lipinski definition) is 2. The van der Waals surface area contributed by atoms with Crippen LogP contribution in [-0.2, 0) is 19.1 Å². The van der Waals surface area contributed by atoms with Crippen molar-refractivity contribution in [2.75, 3.05) is 26.2 Å². The Morgan fingerprint density at radius 3 is 1.75 bits per heavy atom. The van der Waals surface area contributed by atoms with Crippen LogP contribution in [0.5, 0.6) is 0 Å². The Morgan fingerprint density at radius 1 is 0.857 bits per heavy atom. The third-order valence-electron chi connectivity index (χ3n) is 6.77. The fourth-order valence-corrected chi connectivity index (χ4v) is 4.57. The zero-order valence-corrected chi connectivity index (χ0v) is 18.6. The minimum absolute atomic E-state index is 0.200. The molecule has 2 aliphatic heterocycles. The standard InChI is InChI=1S/C22H40N2O4/c1-16(20(26)28-22(4,5)18-10-14-24-15-11-18)6-7-19(25)27-21(2,3)17-8-12-23-13-9-17/h16-18,23-24H,6-15H2,1-5H3/p+2. The van der Waals surface area contributed by atoms with E-state index >= 15 is 0 Å². The van der Waals surface area contributed by atoms with Crippen molar-refractivity contribution in [2.24, 2.45) is 17.8 Å². The van der Waals surface area contributed by atoms with Gasteiger partial charge in [0.05, 0.1) is 32.1 Å². The molecule has 28 heavy (non-hydrogen) atoms. The molecule has 0 spiro atoms. The highest BCUT2D eigenvalue weighted by Crippen LogP contribution is 2.30. The summed E-state index contributed by atoms with van der Waals surface area (Å²) in [6.45, 7) is 14.3. The van der Waals surface area contributed by atoms with Crippen LogP contribution in [0.15, 0.2) is 0 Å². The largest absolute Gasteiger partial charge is 0.459 e. The summed E-state index contributed by atoms with van der Waals surface area (Å²) in [7, 11) is 0. The first-order valence-corrected chi connectivity index (χ1v) is 11.2. The van der Waals surface area contributed by atoms with Gasteiger partial charge >= 0.3 is 11.9 Å². The predicted molar refractivity (Wildman–Crippen MR) is 108 cm³/mol. The number of hydrogen-bond acceptors (Lipinski definition) is 4. The van der Waals surface area contributed by atoms with Gasteiger partial charge in [0.15, 0.2) is 0 Å². The molecule has 6 nitrogen and oxygen atoms in total. The molecular weight excluding hydrogens is 356 g/mol. The van der Waals surface area contributed by atoms with Crippen LogP contribution in [0.3, 0.4) is 0 Å². The summed E-state index contributed by atoms with van der Waals surface area (Å²) in [6.07, 6.45) is 5.05. The van der Waals surface area contributed by atoms with Gasteiger partial charge in [-0.2, -0.15) is 0 Å². The van der Waals surface area contributed by atoms with E-state index in [-0.39, 0.29) is 24.3 Å². The molecule has 4 N–H and O–H groups in total. The first-order valence-electron chi connectivity index (χ1n) is 11.2. The van der Waals surface area contributed by atoms with E-state index in [4.69, 9.17) is 9.47 Å². The quantitative estimate of drug-likeness (QED) is 0.597. The SMILES string of the molecule is CC(CCC(=O)OC(C)(C)C1CC[NH2+]CC1)C(=O)OC(C)(C)C1CC[NH2+]CC1. The van der Waals surface area contributed by atoms with E-state index < -0.39 is 11.2 Å². The zero-order valence-electron chi connectivity index (χ0n) is 18.6. The fourth-order valence-electron chi connectivity index (χ4n) is 4.57. The lowest BCUT2D eigenvalue weighted by Gasteiger charge is -2.36. The number of nitrogens with two attached hydrogens (primary N) is 2. The van der Waals surface area contributed by atoms with Crippen LogP contribution < -0.4 is 10.6 Å². The van der Waals surface area contributed by atoms with E-state index in [9.17, 15) is 9.59 Å². The zero-order chi connectivity index (χ0) is 20.8. The highest BCUT2D eigenvalue weighted by molar-refractivity contribution is 5.74. The Hall–Kier alpha value is -1.14. The van der Waals surface area contributed by atoms with E-state index in [0.29, 0.717) is 18.3 Å². The summed E-state index contributed by atoms with van der Waals surface area (Å²) < 4.78 is 11.7. The van der Waals surface area contributed by atoms with Crippen molar-refractivity contribution < 1.29 is 29.7 Å². The lowest BCUT2D eigenvalue weighted by atomic mass is 9.83. The summed E-state index contributed by atoms with van der Waals surface area (Å²) in [4.78, 5) is 24.9. The molecule has 0 bridgehead atoms. The van der Waals surface area contributed by atoms with Crippen LogP contribution in [0.25, 0.3) is 0 Å². The lowest BCUT2D eigenvalue weighted by Crippen LogP contribution is -2.86. The number of carbonyl (C=O) groups is 2. The van der Waals surface area contributed by atoms with Gasteiger partial charge in [-0.05, 0) is 34.1 Å². The van der Waals surface area contributed by atoms with Gasteiger partial charge in [-0.25, -0.2) is 0 Å². The number of esters is 2. The van der Waals surface area contributed by atoms with Gasteiger partial charge in [-0.15, -0.1) is 0 Å². The summed E-state index contributed by atoms with van der Waals surface area (Å²) in [6, 6.07) is 0. The molecule has 0 radical (unpaired) electrons. The highest BCUT2D eigenvalue weighted by atomic mass is 16.6. The lowest BCUT2D eigenvalue weighted by molar-refractivity contribution is -0.666. The second-order valence-corrected chi connectivity index (χ2v) is 9.82. The summed E-state index contributed by atoms with van der Waals surface area (Å²) in [5, 5.41) is 4.63. The topological polar surface area (TPSA) is 85.8 Å². The average Bonchev–Trinajstić information content (AvgIpc) is 2.67. The predicted octanol–water partition coefficient (Wildman–Crippen LogP) is 0.993. The molecule has 2 saturated heterocycles. The Balaban J connectivity index is 1.76. The minimum atomic E-state index is -0.444. The third kappa shape index (κ3) is 6.73. The van der Waals surface area contributed by atoms with Gasteiger partial charge in [0.1, 0.15) is 11.2 Å². The molecule has 2 fully saturated rings. The first kappa shape index (κ1) is 23.1. The molecule has 0 aromatic heterocycles. The van der Waals surface area contributed by atoms with Gasteiger partial charge in [0, 0.05) is 43.9 Å². The van der Waals surface area contributed by atoms with Gasteiger partial charge < -0.3 is 20.1 Å².